The molecule has 1 fully saturated rings. The van der Waals surface area contributed by atoms with Gasteiger partial charge in [0.1, 0.15) is 0 Å². The molecule has 1 aliphatic rings. The summed E-state index contributed by atoms with van der Waals surface area (Å²) in [6.45, 7) is 3.65. The Kier molecular flexibility index (Phi) is 2.91. The van der Waals surface area contributed by atoms with E-state index in [-0.39, 0.29) is 0 Å². The lowest BCUT2D eigenvalue weighted by Crippen LogP contribution is -2.21. The van der Waals surface area contributed by atoms with Crippen LogP contribution in [0, 0.1) is 5.92 Å². The van der Waals surface area contributed by atoms with Gasteiger partial charge in [-0.1, -0.05) is 0 Å². The second-order valence-corrected chi connectivity index (χ2v) is 4.91. The van der Waals surface area contributed by atoms with E-state index in [0.717, 1.165) is 23.7 Å². The van der Waals surface area contributed by atoms with Crippen molar-refractivity contribution in [2.75, 3.05) is 6.54 Å². The molecule has 3 rings (SSSR count). The fourth-order valence-electron chi connectivity index (χ4n) is 2.48. The maximum atomic E-state index is 5.91. The molecule has 0 amide bonds. The average molecular weight is 245 g/mol. The van der Waals surface area contributed by atoms with Crippen molar-refractivity contribution in [1.29, 1.82) is 0 Å². The molecule has 0 aromatic carbocycles. The summed E-state index contributed by atoms with van der Waals surface area (Å²) < 4.78 is 4.15. The van der Waals surface area contributed by atoms with Crippen molar-refractivity contribution in [2.45, 2.75) is 32.4 Å². The SMILES string of the molecule is CCn1cc(-c2cncn2C(CN)C2CC2)cn1. The minimum absolute atomic E-state index is 0.382. The molecule has 96 valence electrons. The van der Waals surface area contributed by atoms with Crippen molar-refractivity contribution in [2.24, 2.45) is 11.7 Å². The summed E-state index contributed by atoms with van der Waals surface area (Å²) in [6, 6.07) is 0.382. The smallest absolute Gasteiger partial charge is 0.0954 e. The van der Waals surface area contributed by atoms with Crippen LogP contribution >= 0.6 is 0 Å². The molecule has 1 aliphatic carbocycles. The van der Waals surface area contributed by atoms with Crippen LogP contribution in [0.3, 0.4) is 0 Å². The summed E-state index contributed by atoms with van der Waals surface area (Å²) in [7, 11) is 0. The summed E-state index contributed by atoms with van der Waals surface area (Å²) >= 11 is 0. The Morgan fingerprint density at radius 1 is 1.44 bits per heavy atom. The van der Waals surface area contributed by atoms with Crippen LogP contribution in [0.5, 0.6) is 0 Å². The standard InChI is InChI=1S/C13H19N5/c1-2-17-8-11(6-16-17)13-7-15-9-18(13)12(5-14)10-3-4-10/h6-10,12H,2-5,14H2,1H3. The Morgan fingerprint density at radius 3 is 2.89 bits per heavy atom. The predicted molar refractivity (Wildman–Crippen MR) is 69.9 cm³/mol. The number of imidazole rings is 1. The highest BCUT2D eigenvalue weighted by Crippen LogP contribution is 2.40. The minimum atomic E-state index is 0.382. The van der Waals surface area contributed by atoms with Crippen LogP contribution in [0.4, 0.5) is 0 Å². The van der Waals surface area contributed by atoms with Crippen LogP contribution in [0.1, 0.15) is 25.8 Å². The third-order valence-electron chi connectivity index (χ3n) is 3.68. The molecular formula is C13H19N5. The zero-order valence-corrected chi connectivity index (χ0v) is 10.7. The maximum absolute atomic E-state index is 5.91. The van der Waals surface area contributed by atoms with Gasteiger partial charge in [0.2, 0.25) is 0 Å². The first-order chi connectivity index (χ1) is 8.83. The van der Waals surface area contributed by atoms with Crippen molar-refractivity contribution in [3.8, 4) is 11.3 Å². The molecule has 2 aromatic rings. The summed E-state index contributed by atoms with van der Waals surface area (Å²) in [5.41, 5.74) is 8.16. The first kappa shape index (κ1) is 11.5. The number of hydrogen-bond donors (Lipinski definition) is 1. The Labute approximate surface area is 107 Å². The molecule has 2 heterocycles. The van der Waals surface area contributed by atoms with E-state index in [2.05, 4.69) is 27.8 Å². The lowest BCUT2D eigenvalue weighted by Gasteiger charge is -2.18. The van der Waals surface area contributed by atoms with Gasteiger partial charge in [0.15, 0.2) is 0 Å². The first-order valence-corrected chi connectivity index (χ1v) is 6.58. The van der Waals surface area contributed by atoms with Crippen LogP contribution in [-0.2, 0) is 6.54 Å². The number of nitrogens with zero attached hydrogens (tertiary/aromatic N) is 4. The van der Waals surface area contributed by atoms with Gasteiger partial charge in [-0.15, -0.1) is 0 Å². The molecule has 0 saturated heterocycles. The van der Waals surface area contributed by atoms with Gasteiger partial charge >= 0.3 is 0 Å². The predicted octanol–water partition coefficient (Wildman–Crippen LogP) is 1.68. The number of nitrogens with two attached hydrogens (primary N) is 1. The van der Waals surface area contributed by atoms with Gasteiger partial charge in [-0.05, 0) is 25.7 Å². The van der Waals surface area contributed by atoms with Gasteiger partial charge in [-0.25, -0.2) is 4.98 Å². The first-order valence-electron chi connectivity index (χ1n) is 6.58. The number of aromatic nitrogens is 4. The monoisotopic (exact) mass is 245 g/mol. The number of rotatable bonds is 5. The number of aryl methyl sites for hydroxylation is 1. The maximum Gasteiger partial charge on any atom is 0.0954 e. The van der Waals surface area contributed by atoms with Crippen LogP contribution < -0.4 is 5.73 Å². The molecule has 0 bridgehead atoms. The molecule has 0 aliphatic heterocycles. The molecule has 1 unspecified atom stereocenters. The molecule has 1 saturated carbocycles. The highest BCUT2D eigenvalue weighted by Gasteiger charge is 2.32. The Morgan fingerprint density at radius 2 is 2.28 bits per heavy atom. The van der Waals surface area contributed by atoms with Gasteiger partial charge in [0, 0.05) is 24.8 Å². The van der Waals surface area contributed by atoms with E-state index in [1.165, 1.54) is 12.8 Å². The molecule has 18 heavy (non-hydrogen) atoms. The summed E-state index contributed by atoms with van der Waals surface area (Å²) in [6.07, 6.45) is 10.3. The van der Waals surface area contributed by atoms with E-state index in [4.69, 9.17) is 5.73 Å². The van der Waals surface area contributed by atoms with E-state index < -0.39 is 0 Å². The lowest BCUT2D eigenvalue weighted by molar-refractivity contribution is 0.458. The summed E-state index contributed by atoms with van der Waals surface area (Å²) in [5.74, 6) is 0.726. The molecule has 1 atom stereocenters. The van der Waals surface area contributed by atoms with Crippen LogP contribution in [0.15, 0.2) is 24.9 Å². The van der Waals surface area contributed by atoms with Gasteiger partial charge in [-0.2, -0.15) is 5.10 Å². The van der Waals surface area contributed by atoms with E-state index in [1.54, 1.807) is 0 Å². The zero-order valence-electron chi connectivity index (χ0n) is 10.7. The van der Waals surface area contributed by atoms with Gasteiger partial charge in [0.25, 0.3) is 0 Å². The normalized spacial score (nSPS) is 17.0. The van der Waals surface area contributed by atoms with Crippen molar-refractivity contribution < 1.29 is 0 Å². The molecule has 0 spiro atoms. The van der Waals surface area contributed by atoms with Crippen molar-refractivity contribution >= 4 is 0 Å². The second-order valence-electron chi connectivity index (χ2n) is 4.91. The highest BCUT2D eigenvalue weighted by molar-refractivity contribution is 5.56. The number of hydrogen-bond acceptors (Lipinski definition) is 3. The van der Waals surface area contributed by atoms with E-state index in [0.29, 0.717) is 12.6 Å². The molecule has 2 aromatic heterocycles. The van der Waals surface area contributed by atoms with Crippen molar-refractivity contribution in [3.05, 3.63) is 24.9 Å². The molecule has 5 heteroatoms. The molecule has 0 radical (unpaired) electrons. The quantitative estimate of drug-likeness (QED) is 0.871. The molecular weight excluding hydrogens is 226 g/mol. The van der Waals surface area contributed by atoms with Gasteiger partial charge in [0.05, 0.1) is 30.5 Å². The Balaban J connectivity index is 1.94. The average Bonchev–Trinajstić information content (AvgIpc) is 2.93. The van der Waals surface area contributed by atoms with Crippen LogP contribution in [0.25, 0.3) is 11.3 Å². The Bertz CT molecular complexity index is 523. The van der Waals surface area contributed by atoms with Gasteiger partial charge in [-0.3, -0.25) is 4.68 Å². The van der Waals surface area contributed by atoms with Crippen LogP contribution in [0.2, 0.25) is 0 Å². The Hall–Kier alpha value is -1.62. The fourth-order valence-corrected chi connectivity index (χ4v) is 2.48. The molecule has 5 nitrogen and oxygen atoms in total. The third kappa shape index (κ3) is 1.95. The third-order valence-corrected chi connectivity index (χ3v) is 3.68. The van der Waals surface area contributed by atoms with Gasteiger partial charge < -0.3 is 10.3 Å². The van der Waals surface area contributed by atoms with E-state index in [9.17, 15) is 0 Å². The zero-order chi connectivity index (χ0) is 12.5. The summed E-state index contributed by atoms with van der Waals surface area (Å²) in [5, 5.41) is 4.32. The van der Waals surface area contributed by atoms with E-state index in [1.807, 2.05) is 23.4 Å². The minimum Gasteiger partial charge on any atom is -0.328 e. The lowest BCUT2D eigenvalue weighted by atomic mass is 10.1. The largest absolute Gasteiger partial charge is 0.328 e. The topological polar surface area (TPSA) is 61.7 Å². The van der Waals surface area contributed by atoms with Crippen molar-refractivity contribution in [3.63, 3.8) is 0 Å². The highest BCUT2D eigenvalue weighted by atomic mass is 15.3. The van der Waals surface area contributed by atoms with E-state index >= 15 is 0 Å². The van der Waals surface area contributed by atoms with Crippen molar-refractivity contribution in [1.82, 2.24) is 19.3 Å². The fraction of sp³-hybridized carbons (Fsp3) is 0.538. The summed E-state index contributed by atoms with van der Waals surface area (Å²) in [4.78, 5) is 4.28. The van der Waals surface area contributed by atoms with Crippen LogP contribution in [-0.4, -0.2) is 25.9 Å². The second kappa shape index (κ2) is 4.57. The molecule has 2 N–H and O–H groups in total.